The van der Waals surface area contributed by atoms with Gasteiger partial charge < -0.3 is 25.4 Å². The van der Waals surface area contributed by atoms with Crippen molar-refractivity contribution in [3.63, 3.8) is 0 Å². The van der Waals surface area contributed by atoms with Crippen LogP contribution < -0.4 is 15.4 Å². The molecule has 0 saturated heterocycles. The molecule has 2 aromatic heterocycles. The van der Waals surface area contributed by atoms with Crippen molar-refractivity contribution < 1.29 is 29.0 Å². The lowest BCUT2D eigenvalue weighted by Crippen LogP contribution is -2.48. The third kappa shape index (κ3) is 5.89. The minimum absolute atomic E-state index is 0.00772. The van der Waals surface area contributed by atoms with E-state index in [2.05, 4.69) is 15.6 Å². The van der Waals surface area contributed by atoms with Gasteiger partial charge in [-0.3, -0.25) is 14.4 Å². The molecule has 0 fully saturated rings. The van der Waals surface area contributed by atoms with Crippen molar-refractivity contribution in [2.24, 2.45) is 0 Å². The molecule has 2 aromatic carbocycles. The second-order valence-corrected chi connectivity index (χ2v) is 11.2. The van der Waals surface area contributed by atoms with Gasteiger partial charge in [-0.05, 0) is 41.1 Å². The van der Waals surface area contributed by atoms with E-state index in [1.165, 1.54) is 18.4 Å². The van der Waals surface area contributed by atoms with E-state index in [9.17, 15) is 24.3 Å². The van der Waals surface area contributed by atoms with Crippen LogP contribution >= 0.6 is 34.5 Å². The molecule has 0 aliphatic carbocycles. The molecule has 4 aromatic rings. The molecular weight excluding hydrogens is 603 g/mol. The predicted octanol–water partition coefficient (Wildman–Crippen LogP) is 4.42. The number of thiophene rings is 1. The highest BCUT2D eigenvalue weighted by atomic mass is 35.5. The lowest BCUT2D eigenvalue weighted by molar-refractivity contribution is -0.139. The molecule has 3 amide bonds. The fraction of sp³-hybridized carbons (Fsp3) is 0.207. The fourth-order valence-electron chi connectivity index (χ4n) is 4.76. The number of carboxylic acids is 1. The Morgan fingerprint density at radius 2 is 1.90 bits per heavy atom. The molecule has 1 aliphatic heterocycles. The van der Waals surface area contributed by atoms with Gasteiger partial charge in [-0.2, -0.15) is 0 Å². The van der Waals surface area contributed by atoms with Crippen molar-refractivity contribution in [1.82, 2.24) is 20.5 Å². The number of hydrogen-bond donors (Lipinski definition) is 3. The number of benzene rings is 2. The number of methoxy groups -OCH3 is 1. The van der Waals surface area contributed by atoms with Crippen LogP contribution in [-0.2, 0) is 17.8 Å². The van der Waals surface area contributed by atoms with Crippen LogP contribution in [0.3, 0.4) is 0 Å². The Hall–Kier alpha value is -4.19. The van der Waals surface area contributed by atoms with Crippen LogP contribution in [0.4, 0.5) is 0 Å². The summed E-state index contributed by atoms with van der Waals surface area (Å²) in [6, 6.07) is 12.3. The first-order chi connectivity index (χ1) is 20.2. The van der Waals surface area contributed by atoms with E-state index < -0.39 is 23.8 Å². The number of ether oxygens (including phenoxy) is 1. The molecule has 3 heterocycles. The third-order valence-corrected chi connectivity index (χ3v) is 8.45. The third-order valence-electron chi connectivity index (χ3n) is 6.87. The maximum Gasteiger partial charge on any atom is 0.328 e. The predicted molar refractivity (Wildman–Crippen MR) is 159 cm³/mol. The Bertz CT molecular complexity index is 1710. The van der Waals surface area contributed by atoms with E-state index in [4.69, 9.17) is 27.9 Å². The van der Waals surface area contributed by atoms with E-state index in [0.29, 0.717) is 51.3 Å². The van der Waals surface area contributed by atoms with Crippen LogP contribution in [0.5, 0.6) is 5.88 Å². The summed E-state index contributed by atoms with van der Waals surface area (Å²) in [6.07, 6.45) is 0.344. The lowest BCUT2D eigenvalue weighted by atomic mass is 9.95. The first-order valence-electron chi connectivity index (χ1n) is 12.8. The second kappa shape index (κ2) is 12.4. The summed E-state index contributed by atoms with van der Waals surface area (Å²) < 4.78 is 5.30. The average Bonchev–Trinajstić information content (AvgIpc) is 3.53. The van der Waals surface area contributed by atoms with Gasteiger partial charge in [-0.25, -0.2) is 9.78 Å². The molecule has 42 heavy (non-hydrogen) atoms. The number of para-hydroxylation sites is 1. The highest BCUT2D eigenvalue weighted by Gasteiger charge is 2.30. The molecule has 0 spiro atoms. The summed E-state index contributed by atoms with van der Waals surface area (Å²) in [5.41, 5.74) is 2.32. The minimum atomic E-state index is -1.43. The summed E-state index contributed by atoms with van der Waals surface area (Å²) >= 11 is 14.4. The van der Waals surface area contributed by atoms with E-state index in [1.807, 2.05) is 18.2 Å². The van der Waals surface area contributed by atoms with E-state index in [0.717, 1.165) is 0 Å². The number of carbonyl (C=O) groups excluding carboxylic acids is 3. The quantitative estimate of drug-likeness (QED) is 0.263. The number of amides is 3. The van der Waals surface area contributed by atoms with Crippen LogP contribution in [0.25, 0.3) is 10.9 Å². The maximum absolute atomic E-state index is 13.6. The summed E-state index contributed by atoms with van der Waals surface area (Å²) in [4.78, 5) is 57.3. The van der Waals surface area contributed by atoms with Crippen molar-refractivity contribution in [1.29, 1.82) is 0 Å². The Morgan fingerprint density at radius 3 is 2.62 bits per heavy atom. The molecular formula is C29H24Cl2N4O6S. The Labute approximate surface area is 254 Å². The first kappa shape index (κ1) is 29.3. The number of rotatable bonds is 8. The second-order valence-electron chi connectivity index (χ2n) is 9.44. The molecule has 13 heteroatoms. The van der Waals surface area contributed by atoms with Gasteiger partial charge in [0, 0.05) is 31.1 Å². The van der Waals surface area contributed by atoms with Crippen molar-refractivity contribution in [2.45, 2.75) is 19.0 Å². The number of pyridine rings is 1. The molecule has 0 unspecified atom stereocenters. The van der Waals surface area contributed by atoms with Crippen LogP contribution in [0.15, 0.2) is 53.9 Å². The lowest BCUT2D eigenvalue weighted by Gasteiger charge is -2.31. The number of nitrogens with zero attached hydrogens (tertiary/aromatic N) is 2. The number of carbonyl (C=O) groups is 4. The van der Waals surface area contributed by atoms with Crippen molar-refractivity contribution in [2.75, 3.05) is 20.2 Å². The molecule has 216 valence electrons. The molecule has 10 nitrogen and oxygen atoms in total. The van der Waals surface area contributed by atoms with Crippen LogP contribution in [-0.4, -0.2) is 64.9 Å². The zero-order valence-electron chi connectivity index (χ0n) is 22.1. The van der Waals surface area contributed by atoms with Gasteiger partial charge in [-0.15, -0.1) is 11.3 Å². The number of fused-ring (bicyclic) bond motifs is 2. The van der Waals surface area contributed by atoms with Gasteiger partial charge in [0.2, 0.25) is 5.88 Å². The molecule has 1 atom stereocenters. The van der Waals surface area contributed by atoms with E-state index >= 15 is 0 Å². The fourth-order valence-corrected chi connectivity index (χ4v) is 6.16. The Morgan fingerprint density at radius 1 is 1.12 bits per heavy atom. The van der Waals surface area contributed by atoms with Gasteiger partial charge in [0.15, 0.2) is 0 Å². The van der Waals surface area contributed by atoms with E-state index in [1.54, 1.807) is 40.6 Å². The van der Waals surface area contributed by atoms with Crippen LogP contribution in [0.1, 0.15) is 41.5 Å². The molecule has 0 bridgehead atoms. The first-order valence-corrected chi connectivity index (χ1v) is 14.4. The Balaban J connectivity index is 1.34. The van der Waals surface area contributed by atoms with Crippen molar-refractivity contribution in [3.05, 3.63) is 91.1 Å². The normalized spacial score (nSPS) is 13.3. The van der Waals surface area contributed by atoms with Crippen molar-refractivity contribution in [3.8, 4) is 5.88 Å². The van der Waals surface area contributed by atoms with Gasteiger partial charge in [0.05, 0.1) is 38.7 Å². The monoisotopic (exact) mass is 626 g/mol. The van der Waals surface area contributed by atoms with Crippen molar-refractivity contribution >= 4 is 69.1 Å². The van der Waals surface area contributed by atoms with Crippen LogP contribution in [0, 0.1) is 0 Å². The summed E-state index contributed by atoms with van der Waals surface area (Å²) in [5.74, 6) is -2.48. The molecule has 3 N–H and O–H groups in total. The number of carboxylic acid groups (broad SMARTS) is 1. The highest BCUT2D eigenvalue weighted by Crippen LogP contribution is 2.35. The molecule has 0 radical (unpaired) electrons. The topological polar surface area (TPSA) is 138 Å². The largest absolute Gasteiger partial charge is 0.481 e. The number of aliphatic carboxylic acids is 1. The maximum atomic E-state index is 13.6. The smallest absolute Gasteiger partial charge is 0.328 e. The SMILES string of the molecule is COc1cc(C(=O)N2CCc3c(cc(Cl)c(C(=O)N[C@@H](CNC(=O)c4cccs4)C(=O)O)c3Cl)C2)c2ccccc2n1. The molecule has 5 rings (SSSR count). The van der Waals surface area contributed by atoms with Gasteiger partial charge in [-0.1, -0.05) is 47.5 Å². The molecule has 0 saturated carbocycles. The minimum Gasteiger partial charge on any atom is -0.481 e. The zero-order chi connectivity index (χ0) is 30.0. The number of hydrogen-bond acceptors (Lipinski definition) is 7. The summed E-state index contributed by atoms with van der Waals surface area (Å²) in [5, 5.41) is 17.1. The van der Waals surface area contributed by atoms with Gasteiger partial charge in [0.1, 0.15) is 6.04 Å². The number of aromatic nitrogens is 1. The molecule has 1 aliphatic rings. The average molecular weight is 628 g/mol. The van der Waals surface area contributed by atoms with Gasteiger partial charge in [0.25, 0.3) is 17.7 Å². The van der Waals surface area contributed by atoms with Crippen LogP contribution in [0.2, 0.25) is 10.0 Å². The summed E-state index contributed by atoms with van der Waals surface area (Å²) in [6.45, 7) is 0.171. The Kier molecular flexibility index (Phi) is 8.62. The zero-order valence-corrected chi connectivity index (χ0v) is 24.5. The van der Waals surface area contributed by atoms with E-state index in [-0.39, 0.29) is 34.6 Å². The van der Waals surface area contributed by atoms with Gasteiger partial charge >= 0.3 is 5.97 Å². The highest BCUT2D eigenvalue weighted by molar-refractivity contribution is 7.12. The summed E-state index contributed by atoms with van der Waals surface area (Å²) in [7, 11) is 1.49. The standard InChI is InChI=1S/C29H24Cl2N4O6S/c1-41-23-12-18(17-5-2-3-6-20(17)33-23)28(38)35-9-8-16-15(14-35)11-19(30)24(25(16)31)27(37)34-21(29(39)40)13-32-26(36)22-7-4-10-42-22/h2-7,10-12,21H,8-9,13-14H2,1H3,(H,32,36)(H,34,37)(H,39,40)/t21-/m0/s1. The number of nitrogens with one attached hydrogen (secondary N) is 2. The number of halogens is 2.